The van der Waals surface area contributed by atoms with Crippen LogP contribution < -0.4 is 24.4 Å². The van der Waals surface area contributed by atoms with Crippen molar-refractivity contribution in [3.63, 3.8) is 0 Å². The second kappa shape index (κ2) is 10.0. The molecule has 0 saturated carbocycles. The van der Waals surface area contributed by atoms with Crippen LogP contribution in [0.5, 0.6) is 17.2 Å². The summed E-state index contributed by atoms with van der Waals surface area (Å²) in [5.41, 5.74) is 1.35. The fourth-order valence-corrected chi connectivity index (χ4v) is 3.66. The number of anilines is 2. The summed E-state index contributed by atoms with van der Waals surface area (Å²) in [5.74, 6) is 1.79. The van der Waals surface area contributed by atoms with Crippen LogP contribution in [0.15, 0.2) is 66.9 Å². The Balaban J connectivity index is 1.43. The van der Waals surface area contributed by atoms with E-state index >= 15 is 0 Å². The van der Waals surface area contributed by atoms with Gasteiger partial charge in [0, 0.05) is 48.6 Å². The second-order valence-electron chi connectivity index (χ2n) is 7.48. The van der Waals surface area contributed by atoms with Gasteiger partial charge < -0.3 is 19.5 Å². The third kappa shape index (κ3) is 5.06. The summed E-state index contributed by atoms with van der Waals surface area (Å²) in [6.07, 6.45) is 1.55. The SMILES string of the molecule is COc1cc(NC(=O)CCCN2C(=O)C(c3ccccc3)Oc3cccnc32)cc(OC)c1. The van der Waals surface area contributed by atoms with Crippen LogP contribution in [0, 0.1) is 0 Å². The summed E-state index contributed by atoms with van der Waals surface area (Å²) in [5, 5.41) is 2.85. The Morgan fingerprint density at radius 1 is 1.06 bits per heavy atom. The van der Waals surface area contributed by atoms with Crippen molar-refractivity contribution in [2.45, 2.75) is 18.9 Å². The smallest absolute Gasteiger partial charge is 0.274 e. The number of rotatable bonds is 8. The molecule has 2 aromatic carbocycles. The van der Waals surface area contributed by atoms with E-state index in [4.69, 9.17) is 14.2 Å². The standard InChI is InChI=1S/C25H25N3O5/c1-31-19-14-18(15-20(16-19)32-2)27-22(29)11-7-13-28-24-21(10-6-12-26-24)33-23(25(28)30)17-8-4-3-5-9-17/h3-6,8-10,12,14-16,23H,7,11,13H2,1-2H3,(H,27,29). The molecule has 3 aromatic rings. The van der Waals surface area contributed by atoms with Gasteiger partial charge in [-0.1, -0.05) is 30.3 Å². The summed E-state index contributed by atoms with van der Waals surface area (Å²) in [4.78, 5) is 31.7. The number of hydrogen-bond donors (Lipinski definition) is 1. The summed E-state index contributed by atoms with van der Waals surface area (Å²) >= 11 is 0. The van der Waals surface area contributed by atoms with Gasteiger partial charge in [-0.15, -0.1) is 0 Å². The number of ether oxygens (including phenoxy) is 3. The Bertz CT molecular complexity index is 1110. The van der Waals surface area contributed by atoms with E-state index in [1.807, 2.05) is 30.3 Å². The van der Waals surface area contributed by atoms with Gasteiger partial charge in [0.25, 0.3) is 5.91 Å². The molecule has 0 radical (unpaired) electrons. The molecule has 2 amide bonds. The number of methoxy groups -OCH3 is 2. The molecule has 8 heteroatoms. The van der Waals surface area contributed by atoms with Crippen LogP contribution in [-0.4, -0.2) is 37.6 Å². The average molecular weight is 447 g/mol. The van der Waals surface area contributed by atoms with Gasteiger partial charge in [0.05, 0.1) is 14.2 Å². The Hall–Kier alpha value is -4.07. The maximum absolute atomic E-state index is 13.2. The highest BCUT2D eigenvalue weighted by Crippen LogP contribution is 2.37. The number of hydrogen-bond acceptors (Lipinski definition) is 6. The van der Waals surface area contributed by atoms with Crippen molar-refractivity contribution >= 4 is 23.3 Å². The number of nitrogens with one attached hydrogen (secondary N) is 1. The Morgan fingerprint density at radius 2 is 1.79 bits per heavy atom. The molecule has 0 aliphatic carbocycles. The molecule has 1 aliphatic heterocycles. The molecule has 170 valence electrons. The van der Waals surface area contributed by atoms with E-state index < -0.39 is 6.10 Å². The first kappa shape index (κ1) is 22.1. The number of aromatic nitrogens is 1. The zero-order valence-corrected chi connectivity index (χ0v) is 18.5. The minimum absolute atomic E-state index is 0.174. The Labute approximate surface area is 192 Å². The average Bonchev–Trinajstić information content (AvgIpc) is 2.85. The molecule has 1 aliphatic rings. The molecule has 0 bridgehead atoms. The quantitative estimate of drug-likeness (QED) is 0.562. The van der Waals surface area contributed by atoms with E-state index in [-0.39, 0.29) is 18.2 Å². The fraction of sp³-hybridized carbons (Fsp3) is 0.240. The summed E-state index contributed by atoms with van der Waals surface area (Å²) in [7, 11) is 3.10. The lowest BCUT2D eigenvalue weighted by atomic mass is 10.1. The van der Waals surface area contributed by atoms with Crippen molar-refractivity contribution in [2.24, 2.45) is 0 Å². The highest BCUT2D eigenvalue weighted by Gasteiger charge is 2.36. The van der Waals surface area contributed by atoms with Gasteiger partial charge in [-0.3, -0.25) is 14.5 Å². The van der Waals surface area contributed by atoms with E-state index in [9.17, 15) is 9.59 Å². The van der Waals surface area contributed by atoms with Gasteiger partial charge in [0.2, 0.25) is 12.0 Å². The lowest BCUT2D eigenvalue weighted by molar-refractivity contribution is -0.127. The molecule has 1 N–H and O–H groups in total. The highest BCUT2D eigenvalue weighted by molar-refractivity contribution is 5.99. The van der Waals surface area contributed by atoms with Crippen molar-refractivity contribution in [3.05, 3.63) is 72.4 Å². The number of carbonyl (C=O) groups is 2. The molecule has 0 saturated heterocycles. The third-order valence-electron chi connectivity index (χ3n) is 5.26. The second-order valence-corrected chi connectivity index (χ2v) is 7.48. The van der Waals surface area contributed by atoms with Crippen molar-refractivity contribution < 1.29 is 23.8 Å². The zero-order valence-electron chi connectivity index (χ0n) is 18.5. The number of pyridine rings is 1. The maximum atomic E-state index is 13.2. The van der Waals surface area contributed by atoms with E-state index in [1.165, 1.54) is 0 Å². The normalized spacial score (nSPS) is 14.8. The number of fused-ring (bicyclic) bond motifs is 1. The van der Waals surface area contributed by atoms with Gasteiger partial charge in [-0.25, -0.2) is 4.98 Å². The minimum atomic E-state index is -0.749. The van der Waals surface area contributed by atoms with Crippen LogP contribution in [-0.2, 0) is 9.59 Å². The van der Waals surface area contributed by atoms with Crippen molar-refractivity contribution in [1.82, 2.24) is 4.98 Å². The van der Waals surface area contributed by atoms with Crippen LogP contribution >= 0.6 is 0 Å². The Kier molecular flexibility index (Phi) is 6.73. The van der Waals surface area contributed by atoms with Crippen LogP contribution in [0.25, 0.3) is 0 Å². The summed E-state index contributed by atoms with van der Waals surface area (Å²) in [6, 6.07) is 18.1. The minimum Gasteiger partial charge on any atom is -0.497 e. The third-order valence-corrected chi connectivity index (χ3v) is 5.26. The van der Waals surface area contributed by atoms with Gasteiger partial charge in [-0.2, -0.15) is 0 Å². The molecule has 1 unspecified atom stereocenters. The first-order chi connectivity index (χ1) is 16.1. The van der Waals surface area contributed by atoms with E-state index in [1.54, 1.807) is 55.6 Å². The molecule has 0 fully saturated rings. The topological polar surface area (TPSA) is 90.0 Å². The fourth-order valence-electron chi connectivity index (χ4n) is 3.66. The molecule has 1 aromatic heterocycles. The number of amides is 2. The summed E-state index contributed by atoms with van der Waals surface area (Å²) in [6.45, 7) is 0.338. The van der Waals surface area contributed by atoms with Crippen molar-refractivity contribution in [3.8, 4) is 17.2 Å². The monoisotopic (exact) mass is 447 g/mol. The summed E-state index contributed by atoms with van der Waals surface area (Å²) < 4.78 is 16.4. The predicted molar refractivity (Wildman–Crippen MR) is 124 cm³/mol. The van der Waals surface area contributed by atoms with Crippen LogP contribution in [0.4, 0.5) is 11.5 Å². The molecular weight excluding hydrogens is 422 g/mol. The van der Waals surface area contributed by atoms with Crippen molar-refractivity contribution in [1.29, 1.82) is 0 Å². The Morgan fingerprint density at radius 3 is 2.48 bits per heavy atom. The predicted octanol–water partition coefficient (Wildman–Crippen LogP) is 3.98. The number of nitrogens with zero attached hydrogens (tertiary/aromatic N) is 2. The largest absolute Gasteiger partial charge is 0.497 e. The van der Waals surface area contributed by atoms with Gasteiger partial charge in [-0.05, 0) is 18.6 Å². The lowest BCUT2D eigenvalue weighted by Crippen LogP contribution is -2.42. The van der Waals surface area contributed by atoms with Crippen LogP contribution in [0.1, 0.15) is 24.5 Å². The number of carbonyl (C=O) groups excluding carboxylic acids is 2. The zero-order chi connectivity index (χ0) is 23.2. The number of benzene rings is 2. The highest BCUT2D eigenvalue weighted by atomic mass is 16.5. The maximum Gasteiger partial charge on any atom is 0.274 e. The van der Waals surface area contributed by atoms with E-state index in [0.717, 1.165) is 5.56 Å². The van der Waals surface area contributed by atoms with Crippen molar-refractivity contribution in [2.75, 3.05) is 31.0 Å². The van der Waals surface area contributed by atoms with Crippen LogP contribution in [0.2, 0.25) is 0 Å². The van der Waals surface area contributed by atoms with Gasteiger partial charge in [0.15, 0.2) is 11.6 Å². The molecule has 2 heterocycles. The molecular formula is C25H25N3O5. The van der Waals surface area contributed by atoms with E-state index in [0.29, 0.717) is 41.7 Å². The molecule has 8 nitrogen and oxygen atoms in total. The van der Waals surface area contributed by atoms with Crippen LogP contribution in [0.3, 0.4) is 0 Å². The van der Waals surface area contributed by atoms with Gasteiger partial charge >= 0.3 is 0 Å². The molecule has 0 spiro atoms. The first-order valence-corrected chi connectivity index (χ1v) is 10.6. The lowest BCUT2D eigenvalue weighted by Gasteiger charge is -2.33. The molecule has 4 rings (SSSR count). The molecule has 33 heavy (non-hydrogen) atoms. The first-order valence-electron chi connectivity index (χ1n) is 10.6. The van der Waals surface area contributed by atoms with E-state index in [2.05, 4.69) is 10.3 Å². The molecule has 1 atom stereocenters. The van der Waals surface area contributed by atoms with Gasteiger partial charge in [0.1, 0.15) is 11.5 Å².